The third kappa shape index (κ3) is 6.50. The molecule has 0 aliphatic heterocycles. The van der Waals surface area contributed by atoms with Crippen molar-refractivity contribution in [1.29, 1.82) is 0 Å². The number of carbonyl (C=O) groups excluding carboxylic acids is 3. The fourth-order valence-electron chi connectivity index (χ4n) is 2.51. The zero-order chi connectivity index (χ0) is 20.5. The summed E-state index contributed by atoms with van der Waals surface area (Å²) in [5.74, 6) is -1.32. The second-order valence-electron chi connectivity index (χ2n) is 6.51. The van der Waals surface area contributed by atoms with Crippen LogP contribution in [0.25, 0.3) is 0 Å². The minimum atomic E-state index is -0.438. The predicted octanol–water partition coefficient (Wildman–Crippen LogP) is 2.19. The van der Waals surface area contributed by atoms with Gasteiger partial charge in [0.2, 0.25) is 5.91 Å². The van der Waals surface area contributed by atoms with E-state index in [0.717, 1.165) is 0 Å². The molecule has 0 fully saturated rings. The molecule has 0 saturated heterocycles. The molecule has 0 saturated carbocycles. The van der Waals surface area contributed by atoms with Crippen LogP contribution in [0.3, 0.4) is 0 Å². The van der Waals surface area contributed by atoms with Crippen LogP contribution in [0.4, 0.5) is 4.39 Å². The molecule has 0 spiro atoms. The molecule has 0 aromatic heterocycles. The molecule has 6 nitrogen and oxygen atoms in total. The van der Waals surface area contributed by atoms with E-state index in [1.54, 1.807) is 44.2 Å². The van der Waals surface area contributed by atoms with Crippen molar-refractivity contribution in [2.24, 2.45) is 0 Å². The molecule has 0 aliphatic rings. The van der Waals surface area contributed by atoms with E-state index in [0.29, 0.717) is 11.1 Å². The monoisotopic (exact) mass is 385 g/mol. The number of benzene rings is 2. The summed E-state index contributed by atoms with van der Waals surface area (Å²) in [7, 11) is 0. The van der Waals surface area contributed by atoms with Crippen molar-refractivity contribution in [2.45, 2.75) is 26.3 Å². The lowest BCUT2D eigenvalue weighted by atomic mass is 10.1. The average molecular weight is 385 g/mol. The number of aryl methyl sites for hydroxylation is 1. The fraction of sp³-hybridized carbons (Fsp3) is 0.286. The van der Waals surface area contributed by atoms with Crippen LogP contribution in [-0.4, -0.2) is 36.9 Å². The van der Waals surface area contributed by atoms with E-state index >= 15 is 0 Å². The standard InChI is InChI=1S/C21H24FN3O3/c1-14-8-9-17(13-18(14)22)20(27)24-11-10-23-19(26)12-15(2)25-21(28)16-6-4-3-5-7-16/h3-9,13,15H,10-12H2,1-2H3,(H,23,26)(H,24,27)(H,25,28). The van der Waals surface area contributed by atoms with Gasteiger partial charge in [0.15, 0.2) is 0 Å². The van der Waals surface area contributed by atoms with Gasteiger partial charge in [-0.15, -0.1) is 0 Å². The summed E-state index contributed by atoms with van der Waals surface area (Å²) in [4.78, 5) is 35.9. The Bertz CT molecular complexity index is 840. The van der Waals surface area contributed by atoms with Gasteiger partial charge in [0.05, 0.1) is 0 Å². The lowest BCUT2D eigenvalue weighted by Gasteiger charge is -2.14. The zero-order valence-electron chi connectivity index (χ0n) is 15.9. The molecule has 0 aliphatic carbocycles. The summed E-state index contributed by atoms with van der Waals surface area (Å²) >= 11 is 0. The molecule has 7 heteroatoms. The highest BCUT2D eigenvalue weighted by atomic mass is 19.1. The van der Waals surface area contributed by atoms with Gasteiger partial charge in [-0.2, -0.15) is 0 Å². The van der Waals surface area contributed by atoms with E-state index in [2.05, 4.69) is 16.0 Å². The second-order valence-corrected chi connectivity index (χ2v) is 6.51. The Morgan fingerprint density at radius 2 is 1.61 bits per heavy atom. The van der Waals surface area contributed by atoms with Crippen LogP contribution in [0.5, 0.6) is 0 Å². The lowest BCUT2D eigenvalue weighted by Crippen LogP contribution is -2.39. The second kappa shape index (κ2) is 10.2. The molecule has 1 unspecified atom stereocenters. The zero-order valence-corrected chi connectivity index (χ0v) is 15.9. The van der Waals surface area contributed by atoms with Crippen molar-refractivity contribution in [3.63, 3.8) is 0 Å². The van der Waals surface area contributed by atoms with E-state index in [1.807, 2.05) is 6.07 Å². The van der Waals surface area contributed by atoms with Gasteiger partial charge in [-0.05, 0) is 43.7 Å². The lowest BCUT2D eigenvalue weighted by molar-refractivity contribution is -0.121. The molecule has 2 aromatic rings. The minimum absolute atomic E-state index is 0.121. The molecule has 2 rings (SSSR count). The molecule has 3 N–H and O–H groups in total. The minimum Gasteiger partial charge on any atom is -0.354 e. The van der Waals surface area contributed by atoms with E-state index < -0.39 is 11.7 Å². The third-order valence-electron chi connectivity index (χ3n) is 4.07. The molecule has 3 amide bonds. The Kier molecular flexibility index (Phi) is 7.68. The molecule has 28 heavy (non-hydrogen) atoms. The first-order valence-corrected chi connectivity index (χ1v) is 9.04. The number of hydrogen-bond acceptors (Lipinski definition) is 3. The number of rotatable bonds is 8. The molecule has 2 aromatic carbocycles. The van der Waals surface area contributed by atoms with Crippen LogP contribution in [0.2, 0.25) is 0 Å². The summed E-state index contributed by atoms with van der Waals surface area (Å²) in [5, 5.41) is 8.05. The van der Waals surface area contributed by atoms with Crippen LogP contribution in [0, 0.1) is 12.7 Å². The van der Waals surface area contributed by atoms with Crippen LogP contribution >= 0.6 is 0 Å². The molecular weight excluding hydrogens is 361 g/mol. The summed E-state index contributed by atoms with van der Waals surface area (Å²) < 4.78 is 13.5. The highest BCUT2D eigenvalue weighted by Gasteiger charge is 2.13. The first-order valence-electron chi connectivity index (χ1n) is 9.04. The van der Waals surface area contributed by atoms with Gasteiger partial charge in [-0.25, -0.2) is 4.39 Å². The quantitative estimate of drug-likeness (QED) is 0.609. The summed E-state index contributed by atoms with van der Waals surface area (Å²) in [5.41, 5.74) is 1.23. The molecule has 148 valence electrons. The molecule has 0 bridgehead atoms. The summed E-state index contributed by atoms with van der Waals surface area (Å²) in [6, 6.07) is 12.7. The molecule has 0 heterocycles. The molecule has 1 atom stereocenters. The van der Waals surface area contributed by atoms with Gasteiger partial charge >= 0.3 is 0 Å². The highest BCUT2D eigenvalue weighted by molar-refractivity contribution is 5.95. The summed E-state index contributed by atoms with van der Waals surface area (Å²) in [6.07, 6.45) is 0.121. The van der Waals surface area contributed by atoms with Crippen molar-refractivity contribution < 1.29 is 18.8 Å². The largest absolute Gasteiger partial charge is 0.354 e. The van der Waals surface area contributed by atoms with Crippen molar-refractivity contribution in [1.82, 2.24) is 16.0 Å². The van der Waals surface area contributed by atoms with Crippen molar-refractivity contribution >= 4 is 17.7 Å². The topological polar surface area (TPSA) is 87.3 Å². The fourth-order valence-corrected chi connectivity index (χ4v) is 2.51. The predicted molar refractivity (Wildman–Crippen MR) is 104 cm³/mol. The Balaban J connectivity index is 1.67. The third-order valence-corrected chi connectivity index (χ3v) is 4.07. The number of amides is 3. The van der Waals surface area contributed by atoms with Gasteiger partial charge in [-0.3, -0.25) is 14.4 Å². The van der Waals surface area contributed by atoms with Gasteiger partial charge in [0.1, 0.15) is 5.82 Å². The van der Waals surface area contributed by atoms with E-state index in [9.17, 15) is 18.8 Å². The van der Waals surface area contributed by atoms with Crippen LogP contribution in [-0.2, 0) is 4.79 Å². The maximum atomic E-state index is 13.5. The van der Waals surface area contributed by atoms with E-state index in [4.69, 9.17) is 0 Å². The van der Waals surface area contributed by atoms with E-state index in [1.165, 1.54) is 12.1 Å². The number of halogens is 1. The Morgan fingerprint density at radius 1 is 0.929 bits per heavy atom. The number of carbonyl (C=O) groups is 3. The maximum Gasteiger partial charge on any atom is 0.251 e. The van der Waals surface area contributed by atoms with Crippen molar-refractivity contribution in [3.05, 3.63) is 71.0 Å². The highest BCUT2D eigenvalue weighted by Crippen LogP contribution is 2.08. The average Bonchev–Trinajstić information content (AvgIpc) is 2.67. The maximum absolute atomic E-state index is 13.5. The van der Waals surface area contributed by atoms with Gasteiger partial charge in [0.25, 0.3) is 11.8 Å². The normalized spacial score (nSPS) is 11.4. The molecular formula is C21H24FN3O3. The Labute approximate surface area is 163 Å². The van der Waals surface area contributed by atoms with Crippen molar-refractivity contribution in [2.75, 3.05) is 13.1 Å². The van der Waals surface area contributed by atoms with E-state index in [-0.39, 0.29) is 42.9 Å². The Hall–Kier alpha value is -3.22. The Morgan fingerprint density at radius 3 is 2.29 bits per heavy atom. The van der Waals surface area contributed by atoms with Crippen LogP contribution < -0.4 is 16.0 Å². The van der Waals surface area contributed by atoms with Crippen LogP contribution in [0.1, 0.15) is 39.6 Å². The first kappa shape index (κ1) is 21.1. The SMILES string of the molecule is Cc1ccc(C(=O)NCCNC(=O)CC(C)NC(=O)c2ccccc2)cc1F. The smallest absolute Gasteiger partial charge is 0.251 e. The summed E-state index contributed by atoms with van der Waals surface area (Å²) in [6.45, 7) is 3.81. The van der Waals surface area contributed by atoms with Gasteiger partial charge in [0, 0.05) is 36.7 Å². The van der Waals surface area contributed by atoms with Crippen LogP contribution in [0.15, 0.2) is 48.5 Å². The van der Waals surface area contributed by atoms with Gasteiger partial charge in [-0.1, -0.05) is 24.3 Å². The van der Waals surface area contributed by atoms with Crippen molar-refractivity contribution in [3.8, 4) is 0 Å². The number of hydrogen-bond donors (Lipinski definition) is 3. The number of nitrogens with one attached hydrogen (secondary N) is 3. The molecule has 0 radical (unpaired) electrons. The van der Waals surface area contributed by atoms with Gasteiger partial charge < -0.3 is 16.0 Å². The first-order chi connectivity index (χ1) is 13.4.